The number of nitrogens with zero attached hydrogens (tertiary/aromatic N) is 1. The molecule has 0 aromatic carbocycles. The second kappa shape index (κ2) is 2.51. The number of methoxy groups -OCH3 is 1. The van der Waals surface area contributed by atoms with Gasteiger partial charge in [0.2, 0.25) is 0 Å². The van der Waals surface area contributed by atoms with E-state index in [-0.39, 0.29) is 0 Å². The summed E-state index contributed by atoms with van der Waals surface area (Å²) < 4.78 is 6.25. The van der Waals surface area contributed by atoms with Gasteiger partial charge in [-0.1, -0.05) is 11.3 Å². The maximum absolute atomic E-state index is 5.08. The zero-order chi connectivity index (χ0) is 7.68. The van der Waals surface area contributed by atoms with Crippen molar-refractivity contribution in [1.29, 1.82) is 0 Å². The summed E-state index contributed by atoms with van der Waals surface area (Å²) in [6.45, 7) is 0. The molecule has 0 amide bonds. The quantitative estimate of drug-likeness (QED) is 0.646. The van der Waals surface area contributed by atoms with Gasteiger partial charge < -0.3 is 4.74 Å². The Morgan fingerprint density at radius 1 is 1.55 bits per heavy atom. The summed E-state index contributed by atoms with van der Waals surface area (Å²) in [5.41, 5.74) is 1.01. The average molecular weight is 165 g/mol. The Balaban J connectivity index is 2.69. The van der Waals surface area contributed by atoms with Crippen molar-refractivity contribution in [3.8, 4) is 5.06 Å². The van der Waals surface area contributed by atoms with Gasteiger partial charge in [-0.25, -0.2) is 0 Å². The van der Waals surface area contributed by atoms with Gasteiger partial charge in [-0.05, 0) is 12.1 Å². The van der Waals surface area contributed by atoms with E-state index in [0.717, 1.165) is 10.6 Å². The van der Waals surface area contributed by atoms with Crippen molar-refractivity contribution in [3.05, 3.63) is 24.4 Å². The smallest absolute Gasteiger partial charge is 0.176 e. The summed E-state index contributed by atoms with van der Waals surface area (Å²) in [6.07, 6.45) is 1.79. The third-order valence-electron chi connectivity index (χ3n) is 1.47. The molecule has 0 aliphatic rings. The number of aromatic nitrogens is 1. The van der Waals surface area contributed by atoms with E-state index in [1.807, 2.05) is 18.2 Å². The summed E-state index contributed by atoms with van der Waals surface area (Å²) in [5, 5.41) is 0.915. The highest BCUT2D eigenvalue weighted by Crippen LogP contribution is 2.29. The van der Waals surface area contributed by atoms with Crippen molar-refractivity contribution < 1.29 is 4.74 Å². The molecule has 2 aromatic rings. The molecule has 2 aromatic heterocycles. The zero-order valence-corrected chi connectivity index (χ0v) is 6.89. The van der Waals surface area contributed by atoms with Crippen molar-refractivity contribution in [2.45, 2.75) is 0 Å². The van der Waals surface area contributed by atoms with Crippen LogP contribution in [0.15, 0.2) is 24.4 Å². The average Bonchev–Trinajstić information content (AvgIpc) is 2.46. The Morgan fingerprint density at radius 2 is 2.45 bits per heavy atom. The standard InChI is InChI=1S/C8H7NOS/c1-10-8-5-6-7(11-8)3-2-4-9-6/h2-5H,1H3. The van der Waals surface area contributed by atoms with Crippen LogP contribution in [0.25, 0.3) is 10.2 Å². The first-order chi connectivity index (χ1) is 5.40. The van der Waals surface area contributed by atoms with E-state index in [9.17, 15) is 0 Å². The number of ether oxygens (including phenoxy) is 1. The molecule has 56 valence electrons. The summed E-state index contributed by atoms with van der Waals surface area (Å²) >= 11 is 1.61. The molecular weight excluding hydrogens is 158 g/mol. The number of hydrogen-bond donors (Lipinski definition) is 0. The van der Waals surface area contributed by atoms with Gasteiger partial charge in [-0.15, -0.1) is 0 Å². The van der Waals surface area contributed by atoms with E-state index in [2.05, 4.69) is 4.98 Å². The van der Waals surface area contributed by atoms with E-state index in [1.165, 1.54) is 4.70 Å². The van der Waals surface area contributed by atoms with Crippen molar-refractivity contribution in [1.82, 2.24) is 4.98 Å². The lowest BCUT2D eigenvalue weighted by molar-refractivity contribution is 0.427. The van der Waals surface area contributed by atoms with Gasteiger partial charge >= 0.3 is 0 Å². The molecule has 0 atom stereocenters. The molecule has 0 radical (unpaired) electrons. The molecule has 2 nitrogen and oxygen atoms in total. The molecule has 0 spiro atoms. The lowest BCUT2D eigenvalue weighted by atomic mass is 10.4. The van der Waals surface area contributed by atoms with Crippen LogP contribution in [-0.4, -0.2) is 12.1 Å². The van der Waals surface area contributed by atoms with E-state index >= 15 is 0 Å². The van der Waals surface area contributed by atoms with Crippen LogP contribution < -0.4 is 4.74 Å². The minimum absolute atomic E-state index is 0.915. The van der Waals surface area contributed by atoms with Crippen LogP contribution in [0, 0.1) is 0 Å². The summed E-state index contributed by atoms with van der Waals surface area (Å²) in [4.78, 5) is 4.18. The van der Waals surface area contributed by atoms with Gasteiger partial charge in [0.05, 0.1) is 17.3 Å². The van der Waals surface area contributed by atoms with Crippen LogP contribution in [0.4, 0.5) is 0 Å². The van der Waals surface area contributed by atoms with Gasteiger partial charge in [0.25, 0.3) is 0 Å². The highest BCUT2D eigenvalue weighted by Gasteiger charge is 1.99. The third kappa shape index (κ3) is 1.07. The fourth-order valence-electron chi connectivity index (χ4n) is 0.948. The highest BCUT2D eigenvalue weighted by molar-refractivity contribution is 7.20. The second-order valence-electron chi connectivity index (χ2n) is 2.16. The molecule has 0 bridgehead atoms. The van der Waals surface area contributed by atoms with E-state index in [1.54, 1.807) is 24.6 Å². The lowest BCUT2D eigenvalue weighted by Gasteiger charge is -1.86. The number of fused-ring (bicyclic) bond motifs is 1. The zero-order valence-electron chi connectivity index (χ0n) is 6.07. The fraction of sp³-hybridized carbons (Fsp3) is 0.125. The first kappa shape index (κ1) is 6.61. The van der Waals surface area contributed by atoms with Crippen LogP contribution >= 0.6 is 11.3 Å². The van der Waals surface area contributed by atoms with Crippen molar-refractivity contribution in [2.24, 2.45) is 0 Å². The van der Waals surface area contributed by atoms with E-state index in [4.69, 9.17) is 4.74 Å². The predicted molar refractivity (Wildman–Crippen MR) is 46.2 cm³/mol. The van der Waals surface area contributed by atoms with Gasteiger partial charge in [0, 0.05) is 12.3 Å². The third-order valence-corrected chi connectivity index (χ3v) is 2.52. The molecule has 0 aliphatic carbocycles. The van der Waals surface area contributed by atoms with Crippen molar-refractivity contribution >= 4 is 21.6 Å². The first-order valence-electron chi connectivity index (χ1n) is 3.29. The van der Waals surface area contributed by atoms with Crippen LogP contribution in [0.2, 0.25) is 0 Å². The molecule has 11 heavy (non-hydrogen) atoms. The topological polar surface area (TPSA) is 22.1 Å². The number of thiophene rings is 1. The van der Waals surface area contributed by atoms with Crippen LogP contribution in [0.3, 0.4) is 0 Å². The minimum Gasteiger partial charge on any atom is -0.487 e. The van der Waals surface area contributed by atoms with E-state index < -0.39 is 0 Å². The van der Waals surface area contributed by atoms with Gasteiger partial charge in [-0.2, -0.15) is 0 Å². The van der Waals surface area contributed by atoms with Crippen LogP contribution in [0.5, 0.6) is 5.06 Å². The monoisotopic (exact) mass is 165 g/mol. The largest absolute Gasteiger partial charge is 0.487 e. The first-order valence-corrected chi connectivity index (χ1v) is 4.10. The van der Waals surface area contributed by atoms with Crippen molar-refractivity contribution in [3.63, 3.8) is 0 Å². The Hall–Kier alpha value is -1.09. The predicted octanol–water partition coefficient (Wildman–Crippen LogP) is 2.30. The molecule has 0 saturated carbocycles. The Morgan fingerprint density at radius 3 is 3.18 bits per heavy atom. The Kier molecular flexibility index (Phi) is 1.51. The highest BCUT2D eigenvalue weighted by atomic mass is 32.1. The normalized spacial score (nSPS) is 10.3. The maximum atomic E-state index is 5.08. The molecule has 0 N–H and O–H groups in total. The van der Waals surface area contributed by atoms with E-state index in [0.29, 0.717) is 0 Å². The molecule has 2 heterocycles. The minimum atomic E-state index is 0.915. The second-order valence-corrected chi connectivity index (χ2v) is 3.20. The molecule has 0 unspecified atom stereocenters. The molecule has 2 rings (SSSR count). The van der Waals surface area contributed by atoms with Gasteiger partial charge in [-0.3, -0.25) is 4.98 Å². The Labute approximate surface area is 68.5 Å². The summed E-state index contributed by atoms with van der Waals surface area (Å²) in [6, 6.07) is 5.91. The molecule has 0 aliphatic heterocycles. The lowest BCUT2D eigenvalue weighted by Crippen LogP contribution is -1.73. The molecular formula is C8H7NOS. The van der Waals surface area contributed by atoms with Crippen LogP contribution in [-0.2, 0) is 0 Å². The van der Waals surface area contributed by atoms with Crippen molar-refractivity contribution in [2.75, 3.05) is 7.11 Å². The molecule has 3 heteroatoms. The van der Waals surface area contributed by atoms with Crippen LogP contribution in [0.1, 0.15) is 0 Å². The number of pyridine rings is 1. The van der Waals surface area contributed by atoms with Gasteiger partial charge in [0.1, 0.15) is 0 Å². The number of hydrogen-bond acceptors (Lipinski definition) is 3. The number of rotatable bonds is 1. The molecule has 0 saturated heterocycles. The Bertz CT molecular complexity index is 336. The molecule has 0 fully saturated rings. The fourth-order valence-corrected chi connectivity index (χ4v) is 1.78. The van der Waals surface area contributed by atoms with Gasteiger partial charge in [0.15, 0.2) is 5.06 Å². The maximum Gasteiger partial charge on any atom is 0.176 e. The SMILES string of the molecule is COc1cc2ncccc2s1. The summed E-state index contributed by atoms with van der Waals surface area (Å²) in [7, 11) is 1.67. The summed E-state index contributed by atoms with van der Waals surface area (Å²) in [5.74, 6) is 0.